The highest BCUT2D eigenvalue weighted by Gasteiger charge is 2.18. The second kappa shape index (κ2) is 7.65. The van der Waals surface area contributed by atoms with Crippen LogP contribution in [0.2, 0.25) is 0 Å². The van der Waals surface area contributed by atoms with Crippen molar-refractivity contribution in [2.45, 2.75) is 9.92 Å². The zero-order valence-electron chi connectivity index (χ0n) is 14.3. The predicted molar refractivity (Wildman–Crippen MR) is 97.6 cm³/mol. The van der Waals surface area contributed by atoms with E-state index < -0.39 is 10.0 Å². The predicted octanol–water partition coefficient (Wildman–Crippen LogP) is 2.08. The third-order valence-electron chi connectivity index (χ3n) is 3.70. The Labute approximate surface area is 156 Å². The minimum Gasteiger partial charge on any atom is -0.486 e. The van der Waals surface area contributed by atoms with Crippen LogP contribution in [-0.2, 0) is 10.0 Å². The number of hydrogen-bond donors (Lipinski definition) is 0. The Balaban J connectivity index is 1.65. The maximum Gasteiger partial charge on any atom is 0.244 e. The van der Waals surface area contributed by atoms with Crippen LogP contribution in [0.15, 0.2) is 46.5 Å². The topological polar surface area (TPSA) is 85.8 Å². The number of nitrogens with zero attached hydrogens (tertiary/aromatic N) is 2. The number of Topliss-reactive ketones (excluding diaryl/α,β-unsaturated/α-hetero) is 1. The molecule has 0 radical (unpaired) electrons. The van der Waals surface area contributed by atoms with E-state index in [1.54, 1.807) is 24.3 Å². The van der Waals surface area contributed by atoms with Crippen LogP contribution in [0.4, 0.5) is 0 Å². The molecule has 1 aromatic heterocycles. The molecule has 2 heterocycles. The fourth-order valence-corrected chi connectivity index (χ4v) is 3.84. The first-order valence-electron chi connectivity index (χ1n) is 7.82. The molecule has 0 bridgehead atoms. The molecule has 0 aliphatic carbocycles. The fourth-order valence-electron chi connectivity index (χ4n) is 2.26. The number of thioether (sulfide) groups is 1. The van der Waals surface area contributed by atoms with E-state index in [1.807, 2.05) is 0 Å². The molecule has 0 saturated heterocycles. The first-order chi connectivity index (χ1) is 12.4. The molecule has 0 saturated carbocycles. The second-order valence-corrected chi connectivity index (χ2v) is 8.84. The summed E-state index contributed by atoms with van der Waals surface area (Å²) in [6, 6.07) is 8.19. The summed E-state index contributed by atoms with van der Waals surface area (Å²) in [5.74, 6) is 1.33. The van der Waals surface area contributed by atoms with Crippen molar-refractivity contribution in [3.05, 3.63) is 42.1 Å². The molecule has 138 valence electrons. The number of carbonyl (C=O) groups is 1. The Kier molecular flexibility index (Phi) is 5.49. The molecular weight excluding hydrogens is 376 g/mol. The summed E-state index contributed by atoms with van der Waals surface area (Å²) >= 11 is 1.25. The summed E-state index contributed by atoms with van der Waals surface area (Å²) in [5.41, 5.74) is 0.536. The van der Waals surface area contributed by atoms with Gasteiger partial charge in [-0.15, -0.1) is 0 Å². The van der Waals surface area contributed by atoms with Gasteiger partial charge in [0.2, 0.25) is 10.0 Å². The molecule has 2 aromatic rings. The molecule has 0 amide bonds. The molecule has 0 atom stereocenters. The lowest BCUT2D eigenvalue weighted by molar-refractivity contribution is 0.102. The van der Waals surface area contributed by atoms with Crippen molar-refractivity contribution in [1.29, 1.82) is 0 Å². The van der Waals surface area contributed by atoms with Gasteiger partial charge in [-0.05, 0) is 30.3 Å². The van der Waals surface area contributed by atoms with Crippen LogP contribution in [0, 0.1) is 0 Å². The van der Waals surface area contributed by atoms with Crippen molar-refractivity contribution in [3.63, 3.8) is 0 Å². The number of benzene rings is 1. The third kappa shape index (κ3) is 4.00. The zero-order chi connectivity index (χ0) is 18.7. The summed E-state index contributed by atoms with van der Waals surface area (Å²) in [7, 11) is -0.583. The monoisotopic (exact) mass is 394 g/mol. The SMILES string of the molecule is CN(C)S(=O)(=O)c1ccc(SCC(=O)c2ccc3c(c2)OCCO3)nc1. The smallest absolute Gasteiger partial charge is 0.244 e. The van der Waals surface area contributed by atoms with E-state index in [1.165, 1.54) is 38.1 Å². The third-order valence-corrected chi connectivity index (χ3v) is 6.45. The molecule has 7 nitrogen and oxygen atoms in total. The highest BCUT2D eigenvalue weighted by atomic mass is 32.2. The van der Waals surface area contributed by atoms with E-state index in [0.29, 0.717) is 35.3 Å². The molecule has 26 heavy (non-hydrogen) atoms. The van der Waals surface area contributed by atoms with Gasteiger partial charge in [0, 0.05) is 25.9 Å². The van der Waals surface area contributed by atoms with Crippen LogP contribution in [0.25, 0.3) is 0 Å². The number of rotatable bonds is 6. The number of fused-ring (bicyclic) bond motifs is 1. The van der Waals surface area contributed by atoms with Crippen molar-refractivity contribution in [1.82, 2.24) is 9.29 Å². The molecule has 1 aliphatic rings. The van der Waals surface area contributed by atoms with Gasteiger partial charge >= 0.3 is 0 Å². The van der Waals surface area contributed by atoms with Crippen LogP contribution >= 0.6 is 11.8 Å². The van der Waals surface area contributed by atoms with Gasteiger partial charge in [-0.2, -0.15) is 0 Å². The molecular formula is C17H18N2O5S2. The zero-order valence-corrected chi connectivity index (χ0v) is 16.0. The van der Waals surface area contributed by atoms with Gasteiger partial charge in [0.05, 0.1) is 10.8 Å². The summed E-state index contributed by atoms with van der Waals surface area (Å²) in [4.78, 5) is 16.6. The maximum atomic E-state index is 12.4. The van der Waals surface area contributed by atoms with Gasteiger partial charge in [0.25, 0.3) is 0 Å². The van der Waals surface area contributed by atoms with E-state index in [2.05, 4.69) is 4.98 Å². The largest absolute Gasteiger partial charge is 0.486 e. The van der Waals surface area contributed by atoms with Crippen molar-refractivity contribution in [2.75, 3.05) is 33.1 Å². The first-order valence-corrected chi connectivity index (χ1v) is 10.2. The van der Waals surface area contributed by atoms with Gasteiger partial charge < -0.3 is 9.47 Å². The van der Waals surface area contributed by atoms with Crippen LogP contribution in [0.3, 0.4) is 0 Å². The Morgan fingerprint density at radius 3 is 2.54 bits per heavy atom. The average Bonchev–Trinajstić information content (AvgIpc) is 2.66. The van der Waals surface area contributed by atoms with E-state index in [9.17, 15) is 13.2 Å². The lowest BCUT2D eigenvalue weighted by Crippen LogP contribution is -2.22. The second-order valence-electron chi connectivity index (χ2n) is 5.69. The number of sulfonamides is 1. The Bertz CT molecular complexity index is 911. The number of hydrogen-bond acceptors (Lipinski definition) is 7. The molecule has 9 heteroatoms. The van der Waals surface area contributed by atoms with Gasteiger partial charge in [0.1, 0.15) is 18.1 Å². The number of ketones is 1. The van der Waals surface area contributed by atoms with Crippen LogP contribution in [-0.4, -0.2) is 56.6 Å². The van der Waals surface area contributed by atoms with Gasteiger partial charge in [-0.1, -0.05) is 11.8 Å². The van der Waals surface area contributed by atoms with Crippen molar-refractivity contribution in [2.24, 2.45) is 0 Å². The quantitative estimate of drug-likeness (QED) is 0.548. The normalized spacial score (nSPS) is 13.7. The molecule has 1 aromatic carbocycles. The van der Waals surface area contributed by atoms with Gasteiger partial charge in [-0.25, -0.2) is 17.7 Å². The molecule has 3 rings (SSSR count). The lowest BCUT2D eigenvalue weighted by atomic mass is 10.1. The van der Waals surface area contributed by atoms with Crippen LogP contribution < -0.4 is 9.47 Å². The fraction of sp³-hybridized carbons (Fsp3) is 0.294. The van der Waals surface area contributed by atoms with Crippen LogP contribution in [0.5, 0.6) is 11.5 Å². The van der Waals surface area contributed by atoms with Crippen LogP contribution in [0.1, 0.15) is 10.4 Å². The van der Waals surface area contributed by atoms with Crippen molar-refractivity contribution >= 4 is 27.6 Å². The highest BCUT2D eigenvalue weighted by Crippen LogP contribution is 2.31. The minimum atomic E-state index is -3.51. The lowest BCUT2D eigenvalue weighted by Gasteiger charge is -2.18. The molecule has 0 fully saturated rings. The van der Waals surface area contributed by atoms with E-state index in [4.69, 9.17) is 9.47 Å². The van der Waals surface area contributed by atoms with Gasteiger partial charge in [0.15, 0.2) is 17.3 Å². The Morgan fingerprint density at radius 1 is 1.15 bits per heavy atom. The molecule has 0 spiro atoms. The number of carbonyl (C=O) groups excluding carboxylic acids is 1. The summed E-state index contributed by atoms with van der Waals surface area (Å²) in [6.45, 7) is 0.965. The molecule has 0 N–H and O–H groups in total. The maximum absolute atomic E-state index is 12.4. The van der Waals surface area contributed by atoms with Crippen molar-refractivity contribution in [3.8, 4) is 11.5 Å². The summed E-state index contributed by atoms with van der Waals surface area (Å²) in [5, 5.41) is 0.577. The van der Waals surface area contributed by atoms with E-state index >= 15 is 0 Å². The van der Waals surface area contributed by atoms with Gasteiger partial charge in [-0.3, -0.25) is 4.79 Å². The molecule has 0 unspecified atom stereocenters. The number of aromatic nitrogens is 1. The summed E-state index contributed by atoms with van der Waals surface area (Å²) in [6.07, 6.45) is 1.30. The Morgan fingerprint density at radius 2 is 1.88 bits per heavy atom. The molecule has 1 aliphatic heterocycles. The van der Waals surface area contributed by atoms with Crippen molar-refractivity contribution < 1.29 is 22.7 Å². The minimum absolute atomic E-state index is 0.0706. The number of ether oxygens (including phenoxy) is 2. The average molecular weight is 394 g/mol. The highest BCUT2D eigenvalue weighted by molar-refractivity contribution is 7.99. The van der Waals surface area contributed by atoms with E-state index in [0.717, 1.165) is 4.31 Å². The standard InChI is InChI=1S/C17H18N2O5S2/c1-19(2)26(21,22)13-4-6-17(18-10-13)25-11-14(20)12-3-5-15-16(9-12)24-8-7-23-15/h3-6,9-10H,7-8,11H2,1-2H3. The first kappa shape index (κ1) is 18.7. The number of pyridine rings is 1. The Hall–Kier alpha value is -2.10. The van der Waals surface area contributed by atoms with E-state index in [-0.39, 0.29) is 16.4 Å². The summed E-state index contributed by atoms with van der Waals surface area (Å²) < 4.78 is 36.1.